The molecule has 2 atom stereocenters. The van der Waals surface area contributed by atoms with Crippen LogP contribution in [0.15, 0.2) is 48.5 Å². The Balaban J connectivity index is 1.38. The Labute approximate surface area is 229 Å². The predicted molar refractivity (Wildman–Crippen MR) is 150 cm³/mol. The molecule has 0 spiro atoms. The number of Topliss-reactive ketones (excluding diaryl/α,β-unsaturated/α-hetero) is 1. The standard InChI is InChI=1S/C31H37N3O5/c1-19-4-6-20(7-5-19)28-29-23(30(2,32)18-33-29)17-27(34-28)31(3,37)13-12-24(36)21-8-11-25(39-22-9-10-22)26(16-21)38-15-14-35/h4-8,11,16-17,22,33,35,37H,9-10,12-15,18,32H2,1-3H3. The number of aliphatic hydroxyl groups excluding tert-OH is 1. The fourth-order valence-electron chi connectivity index (χ4n) is 4.78. The van der Waals surface area contributed by atoms with Gasteiger partial charge in [0.2, 0.25) is 0 Å². The number of carbonyl (C=O) groups excluding carboxylic acids is 1. The van der Waals surface area contributed by atoms with Crippen LogP contribution >= 0.6 is 0 Å². The van der Waals surface area contributed by atoms with E-state index in [1.165, 1.54) is 0 Å². The third kappa shape index (κ3) is 5.93. The van der Waals surface area contributed by atoms with E-state index < -0.39 is 11.1 Å². The van der Waals surface area contributed by atoms with E-state index in [-0.39, 0.29) is 37.9 Å². The molecule has 5 N–H and O–H groups in total. The maximum Gasteiger partial charge on any atom is 0.163 e. The van der Waals surface area contributed by atoms with Gasteiger partial charge in [0.15, 0.2) is 17.3 Å². The van der Waals surface area contributed by atoms with Gasteiger partial charge in [-0.05, 0) is 64.3 Å². The number of aromatic nitrogens is 1. The molecular formula is C31H37N3O5. The van der Waals surface area contributed by atoms with Crippen molar-refractivity contribution in [2.24, 2.45) is 5.73 Å². The fraction of sp³-hybridized carbons (Fsp3) is 0.419. The molecule has 0 amide bonds. The second-order valence-corrected chi connectivity index (χ2v) is 11.2. The minimum absolute atomic E-state index is 0.103. The Morgan fingerprint density at radius 3 is 2.62 bits per heavy atom. The van der Waals surface area contributed by atoms with Crippen LogP contribution in [0, 0.1) is 6.92 Å². The topological polar surface area (TPSA) is 127 Å². The second-order valence-electron chi connectivity index (χ2n) is 11.2. The number of anilines is 1. The number of aryl methyl sites for hydroxylation is 1. The van der Waals surface area contributed by atoms with Crippen LogP contribution < -0.4 is 20.5 Å². The van der Waals surface area contributed by atoms with Crippen LogP contribution in [0.2, 0.25) is 0 Å². The summed E-state index contributed by atoms with van der Waals surface area (Å²) in [5.74, 6) is 0.873. The van der Waals surface area contributed by atoms with Crippen molar-refractivity contribution >= 4 is 11.5 Å². The number of hydrogen-bond acceptors (Lipinski definition) is 8. The molecule has 2 aromatic carbocycles. The number of nitrogens with zero attached hydrogens (tertiary/aromatic N) is 1. The zero-order valence-corrected chi connectivity index (χ0v) is 22.8. The van der Waals surface area contributed by atoms with Gasteiger partial charge >= 0.3 is 0 Å². The fourth-order valence-corrected chi connectivity index (χ4v) is 4.78. The number of nitrogens with two attached hydrogens (primary N) is 1. The Bertz CT molecular complexity index is 1360. The first-order valence-electron chi connectivity index (χ1n) is 13.5. The van der Waals surface area contributed by atoms with Gasteiger partial charge in [-0.2, -0.15) is 0 Å². The number of benzene rings is 2. The van der Waals surface area contributed by atoms with E-state index in [2.05, 4.69) is 5.32 Å². The highest BCUT2D eigenvalue weighted by atomic mass is 16.5. The average molecular weight is 532 g/mol. The summed E-state index contributed by atoms with van der Waals surface area (Å²) in [7, 11) is 0. The Morgan fingerprint density at radius 1 is 1.18 bits per heavy atom. The van der Waals surface area contributed by atoms with Crippen molar-refractivity contribution in [1.29, 1.82) is 0 Å². The van der Waals surface area contributed by atoms with Crippen molar-refractivity contribution in [2.75, 3.05) is 25.1 Å². The van der Waals surface area contributed by atoms with Crippen LogP contribution in [0.5, 0.6) is 11.5 Å². The number of aliphatic hydroxyl groups is 2. The molecule has 39 heavy (non-hydrogen) atoms. The van der Waals surface area contributed by atoms with Crippen LogP contribution in [0.3, 0.4) is 0 Å². The zero-order chi connectivity index (χ0) is 27.8. The molecule has 1 aliphatic heterocycles. The number of hydrogen-bond donors (Lipinski definition) is 4. The lowest BCUT2D eigenvalue weighted by Gasteiger charge is -2.26. The molecule has 2 unspecified atom stereocenters. The molecule has 3 aromatic rings. The number of ketones is 1. The first-order chi connectivity index (χ1) is 18.6. The third-order valence-electron chi connectivity index (χ3n) is 7.42. The van der Waals surface area contributed by atoms with Gasteiger partial charge in [0, 0.05) is 29.7 Å². The minimum atomic E-state index is -1.37. The molecule has 5 rings (SSSR count). The van der Waals surface area contributed by atoms with Crippen LogP contribution in [0.1, 0.15) is 66.7 Å². The summed E-state index contributed by atoms with van der Waals surface area (Å²) < 4.78 is 11.5. The Kier molecular flexibility index (Phi) is 7.37. The van der Waals surface area contributed by atoms with E-state index in [0.717, 1.165) is 40.9 Å². The molecule has 2 heterocycles. The summed E-state index contributed by atoms with van der Waals surface area (Å²) in [6, 6.07) is 15.1. The van der Waals surface area contributed by atoms with E-state index in [1.807, 2.05) is 44.2 Å². The zero-order valence-electron chi connectivity index (χ0n) is 22.8. The molecule has 0 saturated heterocycles. The van der Waals surface area contributed by atoms with Crippen molar-refractivity contribution in [3.05, 3.63) is 70.9 Å². The third-order valence-corrected chi connectivity index (χ3v) is 7.42. The lowest BCUT2D eigenvalue weighted by atomic mass is 9.88. The number of fused-ring (bicyclic) bond motifs is 1. The van der Waals surface area contributed by atoms with Crippen molar-refractivity contribution in [3.8, 4) is 22.8 Å². The number of carbonyl (C=O) groups is 1. The molecule has 8 nitrogen and oxygen atoms in total. The highest BCUT2D eigenvalue weighted by molar-refractivity contribution is 5.96. The summed E-state index contributed by atoms with van der Waals surface area (Å²) in [6.45, 7) is 6.21. The number of ether oxygens (including phenoxy) is 2. The molecule has 0 radical (unpaired) electrons. The summed E-state index contributed by atoms with van der Waals surface area (Å²) in [5.41, 5.74) is 10.1. The van der Waals surface area contributed by atoms with E-state index in [0.29, 0.717) is 29.3 Å². The molecule has 1 fully saturated rings. The minimum Gasteiger partial charge on any atom is -0.487 e. The Hall–Kier alpha value is -3.46. The van der Waals surface area contributed by atoms with Crippen molar-refractivity contribution < 1.29 is 24.5 Å². The highest BCUT2D eigenvalue weighted by Crippen LogP contribution is 2.42. The van der Waals surface area contributed by atoms with Crippen LogP contribution in [0.25, 0.3) is 11.3 Å². The molecular weight excluding hydrogens is 494 g/mol. The molecule has 8 heteroatoms. The second kappa shape index (κ2) is 10.6. The summed E-state index contributed by atoms with van der Waals surface area (Å²) >= 11 is 0. The van der Waals surface area contributed by atoms with Gasteiger partial charge < -0.3 is 30.7 Å². The molecule has 0 bridgehead atoms. The highest BCUT2D eigenvalue weighted by Gasteiger charge is 2.36. The van der Waals surface area contributed by atoms with Crippen LogP contribution in [-0.2, 0) is 11.1 Å². The first kappa shape index (κ1) is 27.1. The quantitative estimate of drug-likeness (QED) is 0.268. The van der Waals surface area contributed by atoms with Gasteiger partial charge in [-0.3, -0.25) is 4.79 Å². The normalized spacial score (nSPS) is 19.6. The number of rotatable bonds is 11. The molecule has 1 aromatic heterocycles. The van der Waals surface area contributed by atoms with Gasteiger partial charge in [-0.1, -0.05) is 29.8 Å². The average Bonchev–Trinajstić information content (AvgIpc) is 3.68. The van der Waals surface area contributed by atoms with E-state index in [4.69, 9.17) is 20.2 Å². The molecule has 1 saturated carbocycles. The van der Waals surface area contributed by atoms with Gasteiger partial charge in [0.05, 0.1) is 35.3 Å². The summed E-state index contributed by atoms with van der Waals surface area (Å²) in [5, 5.41) is 24.2. The van der Waals surface area contributed by atoms with Gasteiger partial charge in [0.25, 0.3) is 0 Å². The maximum absolute atomic E-state index is 13.2. The summed E-state index contributed by atoms with van der Waals surface area (Å²) in [6.07, 6.45) is 2.44. The van der Waals surface area contributed by atoms with Crippen molar-refractivity contribution in [3.63, 3.8) is 0 Å². The smallest absolute Gasteiger partial charge is 0.163 e. The van der Waals surface area contributed by atoms with Crippen molar-refractivity contribution in [2.45, 2.75) is 63.7 Å². The molecule has 206 valence electrons. The van der Waals surface area contributed by atoms with Gasteiger partial charge in [-0.25, -0.2) is 4.98 Å². The lowest BCUT2D eigenvalue weighted by molar-refractivity contribution is 0.0397. The van der Waals surface area contributed by atoms with E-state index in [1.54, 1.807) is 25.1 Å². The van der Waals surface area contributed by atoms with Gasteiger partial charge in [-0.15, -0.1) is 0 Å². The van der Waals surface area contributed by atoms with E-state index in [9.17, 15) is 15.0 Å². The van der Waals surface area contributed by atoms with Crippen LogP contribution in [-0.4, -0.2) is 46.8 Å². The van der Waals surface area contributed by atoms with Gasteiger partial charge in [0.1, 0.15) is 12.2 Å². The SMILES string of the molecule is Cc1ccc(-c2nc(C(C)(O)CCC(=O)c3ccc(OC4CC4)c(OCCO)c3)cc3c2NCC3(C)N)cc1. The monoisotopic (exact) mass is 531 g/mol. The summed E-state index contributed by atoms with van der Waals surface area (Å²) in [4.78, 5) is 18.1. The molecule has 1 aliphatic carbocycles. The largest absolute Gasteiger partial charge is 0.487 e. The number of nitrogens with one attached hydrogen (secondary N) is 1. The maximum atomic E-state index is 13.2. The van der Waals surface area contributed by atoms with Crippen LogP contribution in [0.4, 0.5) is 5.69 Å². The predicted octanol–water partition coefficient (Wildman–Crippen LogP) is 4.44. The lowest BCUT2D eigenvalue weighted by Crippen LogP contribution is -2.35. The van der Waals surface area contributed by atoms with Crippen molar-refractivity contribution in [1.82, 2.24) is 4.98 Å². The molecule has 2 aliphatic rings. The van der Waals surface area contributed by atoms with E-state index >= 15 is 0 Å². The Morgan fingerprint density at radius 2 is 1.92 bits per heavy atom. The first-order valence-corrected chi connectivity index (χ1v) is 13.5. The number of pyridine rings is 1.